The third-order valence-electron chi connectivity index (χ3n) is 5.84. The normalized spacial score (nSPS) is 24.0. The van der Waals surface area contributed by atoms with E-state index in [9.17, 15) is 14.4 Å². The van der Waals surface area contributed by atoms with Gasteiger partial charge in [-0.1, -0.05) is 0 Å². The lowest BCUT2D eigenvalue weighted by atomic mass is 9.84. The van der Waals surface area contributed by atoms with E-state index >= 15 is 0 Å². The van der Waals surface area contributed by atoms with Crippen molar-refractivity contribution >= 4 is 24.2 Å². The minimum Gasteiger partial charge on any atom is -0.350 e. The van der Waals surface area contributed by atoms with Crippen molar-refractivity contribution in [2.75, 3.05) is 32.7 Å². The molecule has 3 aliphatic rings. The third-order valence-corrected chi connectivity index (χ3v) is 5.84. The Morgan fingerprint density at radius 1 is 1.22 bits per heavy atom. The molecule has 1 aromatic rings. The quantitative estimate of drug-likeness (QED) is 0.788. The molecule has 27 heavy (non-hydrogen) atoms. The molecule has 0 saturated carbocycles. The van der Waals surface area contributed by atoms with Gasteiger partial charge in [-0.15, -0.1) is 12.4 Å². The van der Waals surface area contributed by atoms with Crippen LogP contribution in [0.4, 0.5) is 0 Å². The Morgan fingerprint density at radius 3 is 2.89 bits per heavy atom. The maximum absolute atomic E-state index is 12.8. The van der Waals surface area contributed by atoms with Crippen LogP contribution in [0.2, 0.25) is 0 Å². The molecule has 7 nitrogen and oxygen atoms in total. The number of rotatable bonds is 4. The summed E-state index contributed by atoms with van der Waals surface area (Å²) in [5, 5.41) is 6.23. The molecule has 2 fully saturated rings. The Morgan fingerprint density at radius 2 is 2.07 bits per heavy atom. The topological polar surface area (TPSA) is 83.4 Å². The van der Waals surface area contributed by atoms with Crippen molar-refractivity contribution in [2.24, 2.45) is 5.92 Å². The van der Waals surface area contributed by atoms with Gasteiger partial charge in [0.1, 0.15) is 5.56 Å². The predicted octanol–water partition coefficient (Wildman–Crippen LogP) is 0.719. The van der Waals surface area contributed by atoms with Gasteiger partial charge in [-0.2, -0.15) is 0 Å². The first-order chi connectivity index (χ1) is 12.6. The fraction of sp³-hybridized carbons (Fsp3) is 0.632. The molecule has 4 heterocycles. The summed E-state index contributed by atoms with van der Waals surface area (Å²) >= 11 is 0. The molecule has 2 saturated heterocycles. The highest BCUT2D eigenvalue weighted by Gasteiger charge is 2.31. The largest absolute Gasteiger partial charge is 0.350 e. The predicted molar refractivity (Wildman–Crippen MR) is 104 cm³/mol. The van der Waals surface area contributed by atoms with E-state index in [0.717, 1.165) is 44.6 Å². The molecule has 3 aliphatic heterocycles. The minimum absolute atomic E-state index is 0. The standard InChI is InChI=1S/C19H26N4O3.ClH/c24-17-3-1-2-7-22(17)8-6-21-18(25)15-4-5-16-14-9-13(10-20-11-14)12-23(16)19(15)26;/h4-5,13-14,20H,1-3,6-12H2,(H,21,25);1H/t13-,14+;/m0./s1. The van der Waals surface area contributed by atoms with Gasteiger partial charge in [0.15, 0.2) is 0 Å². The fourth-order valence-electron chi connectivity index (χ4n) is 4.46. The molecule has 0 spiro atoms. The van der Waals surface area contributed by atoms with Crippen LogP contribution in [0.3, 0.4) is 0 Å². The molecule has 2 N–H and O–H groups in total. The molecule has 8 heteroatoms. The smallest absolute Gasteiger partial charge is 0.263 e. The third kappa shape index (κ3) is 4.04. The number of fused-ring (bicyclic) bond motifs is 4. The van der Waals surface area contributed by atoms with Gasteiger partial charge < -0.3 is 20.1 Å². The first-order valence-electron chi connectivity index (χ1n) is 9.64. The van der Waals surface area contributed by atoms with Gasteiger partial charge in [0, 0.05) is 50.8 Å². The number of aromatic nitrogens is 1. The molecular weight excluding hydrogens is 368 g/mol. The number of amides is 2. The van der Waals surface area contributed by atoms with Gasteiger partial charge >= 0.3 is 0 Å². The molecule has 4 rings (SSSR count). The number of carbonyl (C=O) groups excluding carboxylic acids is 2. The molecule has 1 aromatic heterocycles. The van der Waals surface area contributed by atoms with Gasteiger partial charge in [0.2, 0.25) is 5.91 Å². The summed E-state index contributed by atoms with van der Waals surface area (Å²) in [6, 6.07) is 3.59. The van der Waals surface area contributed by atoms with Crippen LogP contribution < -0.4 is 16.2 Å². The van der Waals surface area contributed by atoms with Crippen molar-refractivity contribution in [1.29, 1.82) is 0 Å². The van der Waals surface area contributed by atoms with Crippen LogP contribution in [0.5, 0.6) is 0 Å². The van der Waals surface area contributed by atoms with Crippen molar-refractivity contribution in [3.8, 4) is 0 Å². The number of hydrogen-bond acceptors (Lipinski definition) is 4. The maximum atomic E-state index is 12.8. The summed E-state index contributed by atoms with van der Waals surface area (Å²) in [4.78, 5) is 38.9. The second-order valence-electron chi connectivity index (χ2n) is 7.64. The van der Waals surface area contributed by atoms with Crippen molar-refractivity contribution in [2.45, 2.75) is 38.1 Å². The first kappa shape index (κ1) is 19.9. The van der Waals surface area contributed by atoms with E-state index in [1.165, 1.54) is 0 Å². The highest BCUT2D eigenvalue weighted by atomic mass is 35.5. The first-order valence-corrected chi connectivity index (χ1v) is 9.64. The Kier molecular flexibility index (Phi) is 6.22. The maximum Gasteiger partial charge on any atom is 0.263 e. The van der Waals surface area contributed by atoms with Crippen molar-refractivity contribution in [3.05, 3.63) is 33.7 Å². The van der Waals surface area contributed by atoms with E-state index in [0.29, 0.717) is 37.9 Å². The summed E-state index contributed by atoms with van der Waals surface area (Å²) in [6.07, 6.45) is 3.67. The number of nitrogens with one attached hydrogen (secondary N) is 2. The zero-order valence-corrected chi connectivity index (χ0v) is 16.2. The van der Waals surface area contributed by atoms with E-state index in [1.807, 2.05) is 6.07 Å². The lowest BCUT2D eigenvalue weighted by Gasteiger charge is -2.37. The molecular formula is C19H27ClN4O3. The van der Waals surface area contributed by atoms with Crippen molar-refractivity contribution in [1.82, 2.24) is 20.1 Å². The average molecular weight is 395 g/mol. The van der Waals surface area contributed by atoms with E-state index in [2.05, 4.69) is 10.6 Å². The van der Waals surface area contributed by atoms with Gasteiger partial charge in [0.25, 0.3) is 11.5 Å². The lowest BCUT2D eigenvalue weighted by molar-refractivity contribution is -0.133. The average Bonchev–Trinajstić information content (AvgIpc) is 2.64. The number of piperidine rings is 2. The summed E-state index contributed by atoms with van der Waals surface area (Å²) < 4.78 is 1.79. The molecule has 0 aliphatic carbocycles. The van der Waals surface area contributed by atoms with Crippen LogP contribution in [-0.4, -0.2) is 54.0 Å². The van der Waals surface area contributed by atoms with E-state index < -0.39 is 0 Å². The Hall–Kier alpha value is -1.86. The Labute approximate surface area is 164 Å². The highest BCUT2D eigenvalue weighted by molar-refractivity contribution is 5.93. The molecule has 2 atom stereocenters. The number of halogens is 1. The molecule has 2 amide bonds. The van der Waals surface area contributed by atoms with E-state index in [1.54, 1.807) is 15.5 Å². The Bertz CT molecular complexity index is 779. The number of nitrogens with zero attached hydrogens (tertiary/aromatic N) is 2. The second-order valence-corrected chi connectivity index (χ2v) is 7.64. The van der Waals surface area contributed by atoms with Gasteiger partial charge in [-0.05, 0) is 43.9 Å². The van der Waals surface area contributed by atoms with Crippen LogP contribution >= 0.6 is 12.4 Å². The fourth-order valence-corrected chi connectivity index (χ4v) is 4.46. The zero-order valence-electron chi connectivity index (χ0n) is 15.4. The van der Waals surface area contributed by atoms with Crippen LogP contribution in [0, 0.1) is 5.92 Å². The molecule has 2 bridgehead atoms. The number of hydrogen-bond donors (Lipinski definition) is 2. The van der Waals surface area contributed by atoms with Crippen LogP contribution in [0.25, 0.3) is 0 Å². The summed E-state index contributed by atoms with van der Waals surface area (Å²) in [7, 11) is 0. The van der Waals surface area contributed by atoms with E-state index in [-0.39, 0.29) is 35.3 Å². The summed E-state index contributed by atoms with van der Waals surface area (Å²) in [5.74, 6) is 0.628. The molecule has 148 valence electrons. The SMILES string of the molecule is Cl.O=C(NCCN1CCCCC1=O)c1ccc2n(c1=O)C[C@@H]1CNC[C@H]2C1. The van der Waals surface area contributed by atoms with Crippen LogP contribution in [0.15, 0.2) is 16.9 Å². The zero-order chi connectivity index (χ0) is 18.1. The number of likely N-dealkylation sites (tertiary alicyclic amines) is 1. The second kappa shape index (κ2) is 8.44. The summed E-state index contributed by atoms with van der Waals surface area (Å²) in [5.41, 5.74) is 1.05. The Balaban J connectivity index is 0.00000210. The van der Waals surface area contributed by atoms with Crippen molar-refractivity contribution < 1.29 is 9.59 Å². The minimum atomic E-state index is -0.344. The molecule has 0 aromatic carbocycles. The number of pyridine rings is 1. The van der Waals surface area contributed by atoms with Gasteiger partial charge in [0.05, 0.1) is 0 Å². The highest BCUT2D eigenvalue weighted by Crippen LogP contribution is 2.31. The molecule has 0 unspecified atom stereocenters. The number of carbonyl (C=O) groups is 2. The lowest BCUT2D eigenvalue weighted by Crippen LogP contribution is -2.46. The summed E-state index contributed by atoms with van der Waals surface area (Å²) in [6.45, 7) is 4.15. The molecule has 0 radical (unpaired) electrons. The van der Waals surface area contributed by atoms with Crippen molar-refractivity contribution in [3.63, 3.8) is 0 Å². The van der Waals surface area contributed by atoms with Crippen LogP contribution in [0.1, 0.15) is 47.7 Å². The van der Waals surface area contributed by atoms with E-state index in [4.69, 9.17) is 0 Å². The van der Waals surface area contributed by atoms with Gasteiger partial charge in [-0.3, -0.25) is 14.4 Å². The monoisotopic (exact) mass is 394 g/mol. The van der Waals surface area contributed by atoms with Crippen LogP contribution in [-0.2, 0) is 11.3 Å². The van der Waals surface area contributed by atoms with Gasteiger partial charge in [-0.25, -0.2) is 0 Å².